The predicted octanol–water partition coefficient (Wildman–Crippen LogP) is 1.88. The van der Waals surface area contributed by atoms with Crippen LogP contribution in [0.1, 0.15) is 5.56 Å². The molecule has 1 aromatic carbocycles. The van der Waals surface area contributed by atoms with Gasteiger partial charge in [-0.3, -0.25) is 4.57 Å². The molecular weight excluding hydrogens is 212 g/mol. The zero-order valence-electron chi connectivity index (χ0n) is 9.24. The van der Waals surface area contributed by atoms with Gasteiger partial charge in [0.15, 0.2) is 0 Å². The SMILES string of the molecule is NCc1ccnc(-n2cnc3ccccc32)c1. The van der Waals surface area contributed by atoms with Crippen molar-refractivity contribution in [2.75, 3.05) is 0 Å². The number of hydrogen-bond acceptors (Lipinski definition) is 3. The number of hydrogen-bond donors (Lipinski definition) is 1. The van der Waals surface area contributed by atoms with E-state index in [-0.39, 0.29) is 0 Å². The molecule has 17 heavy (non-hydrogen) atoms. The zero-order valence-corrected chi connectivity index (χ0v) is 9.24. The van der Waals surface area contributed by atoms with E-state index in [1.165, 1.54) is 0 Å². The summed E-state index contributed by atoms with van der Waals surface area (Å²) in [5.41, 5.74) is 8.71. The molecule has 4 nitrogen and oxygen atoms in total. The van der Waals surface area contributed by atoms with E-state index >= 15 is 0 Å². The Labute approximate surface area is 98.7 Å². The minimum Gasteiger partial charge on any atom is -0.326 e. The van der Waals surface area contributed by atoms with E-state index in [1.54, 1.807) is 12.5 Å². The van der Waals surface area contributed by atoms with Gasteiger partial charge in [0, 0.05) is 12.7 Å². The Morgan fingerprint density at radius 3 is 2.88 bits per heavy atom. The summed E-state index contributed by atoms with van der Waals surface area (Å²) in [6.07, 6.45) is 3.56. The minimum atomic E-state index is 0.516. The molecule has 0 aliphatic carbocycles. The maximum atomic E-state index is 5.63. The first kappa shape index (κ1) is 9.99. The summed E-state index contributed by atoms with van der Waals surface area (Å²) >= 11 is 0. The highest BCUT2D eigenvalue weighted by molar-refractivity contribution is 5.76. The van der Waals surface area contributed by atoms with Crippen LogP contribution < -0.4 is 5.73 Å². The predicted molar refractivity (Wildman–Crippen MR) is 66.8 cm³/mol. The Balaban J connectivity index is 2.20. The normalized spacial score (nSPS) is 10.9. The molecule has 0 atom stereocenters. The van der Waals surface area contributed by atoms with Crippen molar-refractivity contribution in [3.05, 3.63) is 54.5 Å². The minimum absolute atomic E-state index is 0.516. The van der Waals surface area contributed by atoms with Crippen LogP contribution in [0.15, 0.2) is 48.9 Å². The first-order valence-corrected chi connectivity index (χ1v) is 5.46. The van der Waals surface area contributed by atoms with Crippen LogP contribution in [0.3, 0.4) is 0 Å². The van der Waals surface area contributed by atoms with Gasteiger partial charge in [0.2, 0.25) is 0 Å². The molecular formula is C13H12N4. The van der Waals surface area contributed by atoms with Crippen molar-refractivity contribution < 1.29 is 0 Å². The average molecular weight is 224 g/mol. The largest absolute Gasteiger partial charge is 0.326 e. The van der Waals surface area contributed by atoms with E-state index in [0.29, 0.717) is 6.54 Å². The van der Waals surface area contributed by atoms with Gasteiger partial charge in [-0.25, -0.2) is 9.97 Å². The Morgan fingerprint density at radius 2 is 2.00 bits per heavy atom. The van der Waals surface area contributed by atoms with Crippen molar-refractivity contribution in [1.29, 1.82) is 0 Å². The summed E-state index contributed by atoms with van der Waals surface area (Å²) in [6.45, 7) is 0.516. The van der Waals surface area contributed by atoms with Crippen molar-refractivity contribution in [1.82, 2.24) is 14.5 Å². The molecule has 2 N–H and O–H groups in total. The average Bonchev–Trinajstić information content (AvgIpc) is 2.82. The number of imidazole rings is 1. The molecule has 0 unspecified atom stereocenters. The van der Waals surface area contributed by atoms with Crippen molar-refractivity contribution in [3.63, 3.8) is 0 Å². The summed E-state index contributed by atoms with van der Waals surface area (Å²) in [5, 5.41) is 0. The Hall–Kier alpha value is -2.20. The van der Waals surface area contributed by atoms with Gasteiger partial charge in [-0.2, -0.15) is 0 Å². The molecule has 0 aliphatic heterocycles. The highest BCUT2D eigenvalue weighted by atomic mass is 15.1. The first-order chi connectivity index (χ1) is 8.38. The van der Waals surface area contributed by atoms with Crippen molar-refractivity contribution >= 4 is 11.0 Å². The fourth-order valence-corrected chi connectivity index (χ4v) is 1.86. The summed E-state index contributed by atoms with van der Waals surface area (Å²) in [6, 6.07) is 11.9. The molecule has 2 heterocycles. The first-order valence-electron chi connectivity index (χ1n) is 5.46. The third-order valence-corrected chi connectivity index (χ3v) is 2.75. The van der Waals surface area contributed by atoms with Gasteiger partial charge < -0.3 is 5.73 Å². The molecule has 84 valence electrons. The molecule has 0 saturated heterocycles. The lowest BCUT2D eigenvalue weighted by molar-refractivity contribution is 0.989. The van der Waals surface area contributed by atoms with Crippen LogP contribution in [0.2, 0.25) is 0 Å². The molecule has 3 aromatic rings. The number of pyridine rings is 1. The van der Waals surface area contributed by atoms with E-state index in [2.05, 4.69) is 9.97 Å². The number of para-hydroxylation sites is 2. The van der Waals surface area contributed by atoms with E-state index in [4.69, 9.17) is 5.73 Å². The van der Waals surface area contributed by atoms with Crippen LogP contribution >= 0.6 is 0 Å². The maximum absolute atomic E-state index is 5.63. The van der Waals surface area contributed by atoms with Gasteiger partial charge in [0.25, 0.3) is 0 Å². The zero-order chi connectivity index (χ0) is 11.7. The standard InChI is InChI=1S/C13H12N4/c14-8-10-5-6-15-13(7-10)17-9-16-11-3-1-2-4-12(11)17/h1-7,9H,8,14H2. The monoisotopic (exact) mass is 224 g/mol. The molecule has 0 aliphatic rings. The smallest absolute Gasteiger partial charge is 0.138 e. The van der Waals surface area contributed by atoms with E-state index in [0.717, 1.165) is 22.4 Å². The van der Waals surface area contributed by atoms with Gasteiger partial charge in [-0.15, -0.1) is 0 Å². The number of benzene rings is 1. The molecule has 2 aromatic heterocycles. The maximum Gasteiger partial charge on any atom is 0.138 e. The lowest BCUT2D eigenvalue weighted by atomic mass is 10.2. The van der Waals surface area contributed by atoms with Crippen molar-refractivity contribution in [2.45, 2.75) is 6.54 Å². The summed E-state index contributed by atoms with van der Waals surface area (Å²) < 4.78 is 1.97. The van der Waals surface area contributed by atoms with Gasteiger partial charge in [0.1, 0.15) is 12.1 Å². The quantitative estimate of drug-likeness (QED) is 0.723. The Kier molecular flexibility index (Phi) is 2.34. The van der Waals surface area contributed by atoms with Crippen LogP contribution in [0.25, 0.3) is 16.9 Å². The second-order valence-corrected chi connectivity index (χ2v) is 3.83. The van der Waals surface area contributed by atoms with Gasteiger partial charge in [0.05, 0.1) is 11.0 Å². The van der Waals surface area contributed by atoms with Gasteiger partial charge >= 0.3 is 0 Å². The molecule has 4 heteroatoms. The molecule has 0 bridgehead atoms. The van der Waals surface area contributed by atoms with Crippen molar-refractivity contribution in [2.24, 2.45) is 5.73 Å². The summed E-state index contributed by atoms with van der Waals surface area (Å²) in [5.74, 6) is 0.849. The number of nitrogens with two attached hydrogens (primary N) is 1. The van der Waals surface area contributed by atoms with Crippen LogP contribution in [0.4, 0.5) is 0 Å². The highest BCUT2D eigenvalue weighted by Crippen LogP contribution is 2.16. The summed E-state index contributed by atoms with van der Waals surface area (Å²) in [7, 11) is 0. The number of nitrogens with zero attached hydrogens (tertiary/aromatic N) is 3. The highest BCUT2D eigenvalue weighted by Gasteiger charge is 2.04. The Morgan fingerprint density at radius 1 is 1.12 bits per heavy atom. The number of aromatic nitrogens is 3. The van der Waals surface area contributed by atoms with Crippen LogP contribution in [-0.4, -0.2) is 14.5 Å². The lowest BCUT2D eigenvalue weighted by Crippen LogP contribution is -2.00. The summed E-state index contributed by atoms with van der Waals surface area (Å²) in [4.78, 5) is 8.69. The van der Waals surface area contributed by atoms with E-state index in [9.17, 15) is 0 Å². The van der Waals surface area contributed by atoms with E-state index < -0.39 is 0 Å². The van der Waals surface area contributed by atoms with Gasteiger partial charge in [-0.1, -0.05) is 12.1 Å². The molecule has 0 radical (unpaired) electrons. The topological polar surface area (TPSA) is 56.7 Å². The molecule has 0 saturated carbocycles. The molecule has 0 amide bonds. The second kappa shape index (κ2) is 3.99. The fraction of sp³-hybridized carbons (Fsp3) is 0.0769. The number of rotatable bonds is 2. The van der Waals surface area contributed by atoms with Crippen molar-refractivity contribution in [3.8, 4) is 5.82 Å². The molecule has 3 rings (SSSR count). The lowest BCUT2D eigenvalue weighted by Gasteiger charge is -2.04. The van der Waals surface area contributed by atoms with Crippen LogP contribution in [0, 0.1) is 0 Å². The van der Waals surface area contributed by atoms with E-state index in [1.807, 2.05) is 41.0 Å². The fourth-order valence-electron chi connectivity index (χ4n) is 1.86. The van der Waals surface area contributed by atoms with Gasteiger partial charge in [-0.05, 0) is 29.8 Å². The third-order valence-electron chi connectivity index (χ3n) is 2.75. The van der Waals surface area contributed by atoms with Crippen LogP contribution in [-0.2, 0) is 6.54 Å². The molecule has 0 spiro atoms. The second-order valence-electron chi connectivity index (χ2n) is 3.83. The molecule has 0 fully saturated rings. The Bertz CT molecular complexity index is 657. The third kappa shape index (κ3) is 1.68. The number of fused-ring (bicyclic) bond motifs is 1. The van der Waals surface area contributed by atoms with Crippen LogP contribution in [0.5, 0.6) is 0 Å².